The Hall–Kier alpha value is -0.870. The first kappa shape index (κ1) is 10.1. The summed E-state index contributed by atoms with van der Waals surface area (Å²) in [7, 11) is 0. The second kappa shape index (κ2) is 3.50. The number of aliphatic carboxylic acids is 1. The van der Waals surface area contributed by atoms with E-state index >= 15 is 0 Å². The summed E-state index contributed by atoms with van der Waals surface area (Å²) in [5.41, 5.74) is 4.41. The highest BCUT2D eigenvalue weighted by Gasteiger charge is 2.32. The average Bonchev–Trinajstić information content (AvgIpc) is 1.86. The first-order valence-electron chi connectivity index (χ1n) is 3.20. The molecule has 0 unspecified atom stereocenters. The lowest BCUT2D eigenvalue weighted by Crippen LogP contribution is -2.51. The Morgan fingerprint density at radius 3 is 2.27 bits per heavy atom. The maximum Gasteiger partial charge on any atom is 0.326 e. The third-order valence-corrected chi connectivity index (χ3v) is 1.33. The van der Waals surface area contributed by atoms with E-state index in [4.69, 9.17) is 15.9 Å². The van der Waals surface area contributed by atoms with E-state index in [0.717, 1.165) is 0 Å². The summed E-state index contributed by atoms with van der Waals surface area (Å²) >= 11 is 0. The Morgan fingerprint density at radius 1 is 1.73 bits per heavy atom. The van der Waals surface area contributed by atoms with E-state index < -0.39 is 18.1 Å². The molecule has 0 aromatic rings. The second-order valence-corrected chi connectivity index (χ2v) is 2.75. The Morgan fingerprint density at radius 2 is 2.18 bits per heavy atom. The van der Waals surface area contributed by atoms with Crippen molar-refractivity contribution in [2.24, 2.45) is 5.73 Å². The first-order chi connectivity index (χ1) is 4.92. The van der Waals surface area contributed by atoms with Crippen LogP contribution in [0.2, 0.25) is 0 Å². The van der Waals surface area contributed by atoms with Crippen LogP contribution < -0.4 is 5.73 Å². The summed E-state index contributed by atoms with van der Waals surface area (Å²) in [4.78, 5) is 10.5. The molecule has 0 amide bonds. The molecule has 0 aliphatic carbocycles. The van der Waals surface area contributed by atoms with Crippen molar-refractivity contribution in [1.82, 2.24) is 0 Å². The van der Waals surface area contributed by atoms with E-state index in [0.29, 0.717) is 5.57 Å². The van der Waals surface area contributed by atoms with Crippen LogP contribution in [0.3, 0.4) is 0 Å². The van der Waals surface area contributed by atoms with Gasteiger partial charge in [0.15, 0.2) is 0 Å². The van der Waals surface area contributed by atoms with Gasteiger partial charge >= 0.3 is 5.97 Å². The van der Waals surface area contributed by atoms with E-state index in [2.05, 4.69) is 6.58 Å². The fraction of sp³-hybridized carbons (Fsp3) is 0.571. The highest BCUT2D eigenvalue weighted by Crippen LogP contribution is 2.11. The van der Waals surface area contributed by atoms with Gasteiger partial charge in [-0.3, -0.25) is 4.79 Å². The van der Waals surface area contributed by atoms with E-state index in [-0.39, 0.29) is 6.42 Å². The monoisotopic (exact) mass is 159 g/mol. The lowest BCUT2D eigenvalue weighted by molar-refractivity contribution is -0.144. The lowest BCUT2D eigenvalue weighted by atomic mass is 9.94. The number of hydrogen-bond acceptors (Lipinski definition) is 3. The molecule has 11 heavy (non-hydrogen) atoms. The van der Waals surface area contributed by atoms with Crippen LogP contribution >= 0.6 is 0 Å². The summed E-state index contributed by atoms with van der Waals surface area (Å²) in [6, 6.07) is 0. The minimum absolute atomic E-state index is 0.0961. The number of aliphatic hydroxyl groups is 1. The molecule has 0 spiro atoms. The molecule has 4 heteroatoms. The highest BCUT2D eigenvalue weighted by atomic mass is 16.4. The van der Waals surface area contributed by atoms with Crippen LogP contribution in [0, 0.1) is 0 Å². The van der Waals surface area contributed by atoms with Gasteiger partial charge in [0.1, 0.15) is 5.54 Å². The van der Waals surface area contributed by atoms with Crippen molar-refractivity contribution in [3.05, 3.63) is 12.2 Å². The Labute approximate surface area is 65.3 Å². The summed E-state index contributed by atoms with van der Waals surface area (Å²) < 4.78 is 0. The fourth-order valence-electron chi connectivity index (χ4n) is 0.738. The molecule has 1 atom stereocenters. The summed E-state index contributed by atoms with van der Waals surface area (Å²) in [5, 5.41) is 17.2. The van der Waals surface area contributed by atoms with Crippen LogP contribution in [-0.2, 0) is 4.79 Å². The predicted octanol–water partition coefficient (Wildman–Crippen LogP) is -0.273. The van der Waals surface area contributed by atoms with Crippen molar-refractivity contribution >= 4 is 5.97 Å². The van der Waals surface area contributed by atoms with E-state index in [1.54, 1.807) is 6.92 Å². The number of hydrogen-bond donors (Lipinski definition) is 3. The standard InChI is InChI=1S/C7H13NO3/c1-5(2)3-7(8,4-9)6(10)11/h9H,1,3-4,8H2,2H3,(H,10,11)/t7-/m0/s1. The number of carbonyl (C=O) groups is 1. The number of rotatable bonds is 4. The predicted molar refractivity (Wildman–Crippen MR) is 41.1 cm³/mol. The Kier molecular flexibility index (Phi) is 3.22. The van der Waals surface area contributed by atoms with Crippen LogP contribution in [0.5, 0.6) is 0 Å². The van der Waals surface area contributed by atoms with Gasteiger partial charge < -0.3 is 15.9 Å². The maximum absolute atomic E-state index is 10.5. The molecule has 0 heterocycles. The van der Waals surface area contributed by atoms with Gasteiger partial charge in [0, 0.05) is 0 Å². The molecule has 0 aromatic carbocycles. The SMILES string of the molecule is C=C(C)C[C@](N)(CO)C(=O)O. The average molecular weight is 159 g/mol. The molecule has 0 rings (SSSR count). The molecular weight excluding hydrogens is 146 g/mol. The lowest BCUT2D eigenvalue weighted by Gasteiger charge is -2.21. The van der Waals surface area contributed by atoms with Crippen LogP contribution in [0.15, 0.2) is 12.2 Å². The van der Waals surface area contributed by atoms with Gasteiger partial charge in [-0.1, -0.05) is 5.57 Å². The topological polar surface area (TPSA) is 83.5 Å². The van der Waals surface area contributed by atoms with Gasteiger partial charge in [-0.05, 0) is 13.3 Å². The van der Waals surface area contributed by atoms with Crippen LogP contribution in [-0.4, -0.2) is 28.3 Å². The van der Waals surface area contributed by atoms with Crippen molar-refractivity contribution in [2.75, 3.05) is 6.61 Å². The van der Waals surface area contributed by atoms with Gasteiger partial charge in [-0.25, -0.2) is 0 Å². The molecule has 0 aliphatic heterocycles. The number of carboxylic acids is 1. The molecule has 0 aromatic heterocycles. The van der Waals surface area contributed by atoms with Gasteiger partial charge in [-0.2, -0.15) is 0 Å². The highest BCUT2D eigenvalue weighted by molar-refractivity contribution is 5.79. The van der Waals surface area contributed by atoms with Crippen LogP contribution in [0.25, 0.3) is 0 Å². The van der Waals surface area contributed by atoms with Crippen molar-refractivity contribution in [2.45, 2.75) is 18.9 Å². The number of nitrogens with two attached hydrogens (primary N) is 1. The molecule has 0 saturated carbocycles. The zero-order valence-corrected chi connectivity index (χ0v) is 6.50. The Bertz CT molecular complexity index is 179. The minimum Gasteiger partial charge on any atom is -0.480 e. The van der Waals surface area contributed by atoms with Crippen molar-refractivity contribution < 1.29 is 15.0 Å². The number of aliphatic hydroxyl groups excluding tert-OH is 1. The maximum atomic E-state index is 10.5. The second-order valence-electron chi connectivity index (χ2n) is 2.75. The summed E-state index contributed by atoms with van der Waals surface area (Å²) in [6.45, 7) is 4.61. The van der Waals surface area contributed by atoms with Crippen molar-refractivity contribution in [3.63, 3.8) is 0 Å². The molecule has 4 nitrogen and oxygen atoms in total. The molecule has 64 valence electrons. The molecule has 0 aliphatic rings. The van der Waals surface area contributed by atoms with Crippen molar-refractivity contribution in [3.8, 4) is 0 Å². The van der Waals surface area contributed by atoms with Gasteiger partial charge in [0.25, 0.3) is 0 Å². The zero-order chi connectivity index (χ0) is 9.07. The Balaban J connectivity index is 4.34. The zero-order valence-electron chi connectivity index (χ0n) is 6.50. The van der Waals surface area contributed by atoms with Crippen molar-refractivity contribution in [1.29, 1.82) is 0 Å². The summed E-state index contributed by atoms with van der Waals surface area (Å²) in [6.07, 6.45) is 0.0961. The first-order valence-corrected chi connectivity index (χ1v) is 3.20. The normalized spacial score (nSPS) is 15.5. The van der Waals surface area contributed by atoms with Gasteiger partial charge in [0.05, 0.1) is 6.61 Å². The third kappa shape index (κ3) is 2.69. The van der Waals surface area contributed by atoms with Crippen LogP contribution in [0.4, 0.5) is 0 Å². The largest absolute Gasteiger partial charge is 0.480 e. The minimum atomic E-state index is -1.56. The van der Waals surface area contributed by atoms with Gasteiger partial charge in [-0.15, -0.1) is 6.58 Å². The quantitative estimate of drug-likeness (QED) is 0.493. The van der Waals surface area contributed by atoms with E-state index in [9.17, 15) is 4.79 Å². The molecule has 0 fully saturated rings. The fourth-order valence-corrected chi connectivity index (χ4v) is 0.738. The van der Waals surface area contributed by atoms with E-state index in [1.807, 2.05) is 0 Å². The third-order valence-electron chi connectivity index (χ3n) is 1.33. The number of carboxylic acid groups (broad SMARTS) is 1. The van der Waals surface area contributed by atoms with E-state index in [1.165, 1.54) is 0 Å². The van der Waals surface area contributed by atoms with Gasteiger partial charge in [0.2, 0.25) is 0 Å². The molecule has 0 bridgehead atoms. The molecular formula is C7H13NO3. The summed E-state index contributed by atoms with van der Waals surface area (Å²) in [5.74, 6) is -1.21. The molecule has 0 saturated heterocycles. The molecule has 0 radical (unpaired) electrons. The van der Waals surface area contributed by atoms with Crippen LogP contribution in [0.1, 0.15) is 13.3 Å². The smallest absolute Gasteiger partial charge is 0.326 e. The molecule has 4 N–H and O–H groups in total.